The van der Waals surface area contributed by atoms with Gasteiger partial charge >= 0.3 is 7.82 Å². The molecule has 8 nitrogen and oxygen atoms in total. The number of carbonyl (C=O) groups excluding carboxylic acids is 1. The maximum Gasteiger partial charge on any atom is 0.472 e. The van der Waals surface area contributed by atoms with Crippen LogP contribution in [0, 0.1) is 0 Å². The molecule has 0 aromatic carbocycles. The molecule has 0 radical (unpaired) electrons. The molecular formula is C43H86N2O6P+. The highest BCUT2D eigenvalue weighted by atomic mass is 31.2. The van der Waals surface area contributed by atoms with Crippen molar-refractivity contribution in [3.63, 3.8) is 0 Å². The molecule has 1 amide bonds. The number of phosphoric ester groups is 1. The van der Waals surface area contributed by atoms with Crippen LogP contribution in [0.2, 0.25) is 0 Å². The lowest BCUT2D eigenvalue weighted by atomic mass is 10.0. The number of nitrogens with zero attached hydrogens (tertiary/aromatic N) is 1. The summed E-state index contributed by atoms with van der Waals surface area (Å²) in [5.41, 5.74) is 0. The predicted octanol–water partition coefficient (Wildman–Crippen LogP) is 11.7. The topological polar surface area (TPSA) is 105 Å². The summed E-state index contributed by atoms with van der Waals surface area (Å²) in [5.74, 6) is -0.157. The number of hydrogen-bond acceptors (Lipinski definition) is 5. The van der Waals surface area contributed by atoms with Crippen LogP contribution in [-0.4, -0.2) is 73.4 Å². The average molecular weight is 758 g/mol. The summed E-state index contributed by atoms with van der Waals surface area (Å²) >= 11 is 0. The first-order valence-corrected chi connectivity index (χ1v) is 23.2. The number of amides is 1. The van der Waals surface area contributed by atoms with Crippen LogP contribution >= 0.6 is 7.82 Å². The van der Waals surface area contributed by atoms with Crippen molar-refractivity contribution in [2.24, 2.45) is 0 Å². The van der Waals surface area contributed by atoms with Crippen LogP contribution in [0.4, 0.5) is 0 Å². The van der Waals surface area contributed by atoms with Gasteiger partial charge in [-0.2, -0.15) is 0 Å². The summed E-state index contributed by atoms with van der Waals surface area (Å²) in [4.78, 5) is 23.1. The minimum atomic E-state index is -4.31. The molecule has 3 N–H and O–H groups in total. The van der Waals surface area contributed by atoms with Gasteiger partial charge < -0.3 is 19.8 Å². The van der Waals surface area contributed by atoms with E-state index in [-0.39, 0.29) is 19.1 Å². The minimum Gasteiger partial charge on any atom is -0.391 e. The molecule has 0 spiro atoms. The lowest BCUT2D eigenvalue weighted by Gasteiger charge is -2.26. The molecule has 0 bridgehead atoms. The number of unbranched alkanes of at least 4 members (excludes halogenated alkanes) is 23. The number of allylic oxidation sites excluding steroid dienone is 4. The Morgan fingerprint density at radius 1 is 0.654 bits per heavy atom. The number of aliphatic hydroxyl groups is 1. The third-order valence-corrected chi connectivity index (χ3v) is 10.7. The summed E-state index contributed by atoms with van der Waals surface area (Å²) < 4.78 is 23.6. The van der Waals surface area contributed by atoms with Gasteiger partial charge in [0, 0.05) is 6.42 Å². The van der Waals surface area contributed by atoms with E-state index in [1.807, 2.05) is 21.1 Å². The van der Waals surface area contributed by atoms with E-state index in [1.54, 1.807) is 0 Å². The van der Waals surface area contributed by atoms with Gasteiger partial charge in [0.2, 0.25) is 5.91 Å². The van der Waals surface area contributed by atoms with Crippen molar-refractivity contribution < 1.29 is 32.9 Å². The number of rotatable bonds is 39. The number of hydrogen-bond donors (Lipinski definition) is 3. The summed E-state index contributed by atoms with van der Waals surface area (Å²) in [7, 11) is 1.61. The number of quaternary nitrogens is 1. The molecule has 0 aromatic rings. The lowest BCUT2D eigenvalue weighted by molar-refractivity contribution is -0.870. The first-order valence-electron chi connectivity index (χ1n) is 21.7. The van der Waals surface area contributed by atoms with Gasteiger partial charge in [0.25, 0.3) is 0 Å². The monoisotopic (exact) mass is 758 g/mol. The van der Waals surface area contributed by atoms with Crippen LogP contribution in [0.25, 0.3) is 0 Å². The second kappa shape index (κ2) is 35.7. The van der Waals surface area contributed by atoms with Crippen LogP contribution < -0.4 is 5.32 Å². The third kappa shape index (κ3) is 37.3. The van der Waals surface area contributed by atoms with E-state index in [4.69, 9.17) is 9.05 Å². The normalized spacial score (nSPS) is 14.7. The Bertz CT molecular complexity index is 907. The van der Waals surface area contributed by atoms with Crippen molar-refractivity contribution in [1.82, 2.24) is 5.32 Å². The molecule has 0 aliphatic carbocycles. The van der Waals surface area contributed by atoms with E-state index >= 15 is 0 Å². The Kier molecular flexibility index (Phi) is 35.0. The summed E-state index contributed by atoms with van der Waals surface area (Å²) in [5, 5.41) is 13.9. The molecule has 0 heterocycles. The molecule has 3 atom stereocenters. The highest BCUT2D eigenvalue weighted by molar-refractivity contribution is 7.47. The molecule has 0 fully saturated rings. The Morgan fingerprint density at radius 2 is 1.08 bits per heavy atom. The van der Waals surface area contributed by atoms with Crippen LogP contribution in [-0.2, 0) is 18.4 Å². The van der Waals surface area contributed by atoms with E-state index in [9.17, 15) is 19.4 Å². The Labute approximate surface area is 322 Å². The van der Waals surface area contributed by atoms with Crippen molar-refractivity contribution in [2.45, 2.75) is 206 Å². The van der Waals surface area contributed by atoms with Gasteiger partial charge in [0.15, 0.2) is 0 Å². The largest absolute Gasteiger partial charge is 0.472 e. The van der Waals surface area contributed by atoms with Crippen LogP contribution in [0.15, 0.2) is 24.3 Å². The Hall–Kier alpha value is -1.02. The number of aliphatic hydroxyl groups excluding tert-OH is 1. The molecule has 0 rings (SSSR count). The van der Waals surface area contributed by atoms with Crippen molar-refractivity contribution in [2.75, 3.05) is 40.9 Å². The second-order valence-corrected chi connectivity index (χ2v) is 17.6. The van der Waals surface area contributed by atoms with Crippen LogP contribution in [0.3, 0.4) is 0 Å². The third-order valence-electron chi connectivity index (χ3n) is 9.73. The zero-order chi connectivity index (χ0) is 38.6. The zero-order valence-electron chi connectivity index (χ0n) is 34.8. The number of likely N-dealkylation sites (N-methyl/N-ethyl adjacent to an activating group) is 1. The Morgan fingerprint density at radius 3 is 1.58 bits per heavy atom. The molecule has 308 valence electrons. The van der Waals surface area contributed by atoms with Crippen LogP contribution in [0.5, 0.6) is 0 Å². The predicted molar refractivity (Wildman–Crippen MR) is 221 cm³/mol. The fourth-order valence-electron chi connectivity index (χ4n) is 6.21. The van der Waals surface area contributed by atoms with Gasteiger partial charge in [-0.25, -0.2) is 4.57 Å². The maximum atomic E-state index is 12.9. The second-order valence-electron chi connectivity index (χ2n) is 16.1. The SMILES string of the molecule is CCCCC/C=C\C=C/CCCCCCCCC(=O)NC(COP(=O)(O)OCC[N+](C)(C)C)C(O)CCCCCCCCCCCCCCCCC. The molecule has 0 aliphatic heterocycles. The Balaban J connectivity index is 4.41. The van der Waals surface area contributed by atoms with Gasteiger partial charge in [0.1, 0.15) is 13.2 Å². The van der Waals surface area contributed by atoms with Crippen molar-refractivity contribution in [3.05, 3.63) is 24.3 Å². The van der Waals surface area contributed by atoms with Crippen molar-refractivity contribution >= 4 is 13.7 Å². The first-order chi connectivity index (χ1) is 25.0. The molecule has 0 saturated heterocycles. The van der Waals surface area contributed by atoms with Crippen LogP contribution in [0.1, 0.15) is 194 Å². The van der Waals surface area contributed by atoms with Crippen molar-refractivity contribution in [3.8, 4) is 0 Å². The summed E-state index contributed by atoms with van der Waals surface area (Å²) in [6, 6.07) is -0.763. The molecule has 0 saturated carbocycles. The smallest absolute Gasteiger partial charge is 0.391 e. The quantitative estimate of drug-likeness (QED) is 0.0250. The van der Waals surface area contributed by atoms with Gasteiger partial charge in [-0.15, -0.1) is 0 Å². The zero-order valence-corrected chi connectivity index (χ0v) is 35.7. The van der Waals surface area contributed by atoms with Gasteiger partial charge in [0.05, 0.1) is 39.9 Å². The maximum absolute atomic E-state index is 12.9. The van der Waals surface area contributed by atoms with Gasteiger partial charge in [-0.05, 0) is 38.5 Å². The number of nitrogens with one attached hydrogen (secondary N) is 1. The van der Waals surface area contributed by atoms with E-state index in [1.165, 1.54) is 116 Å². The van der Waals surface area contributed by atoms with E-state index in [0.29, 0.717) is 23.9 Å². The van der Waals surface area contributed by atoms with Gasteiger partial charge in [-0.3, -0.25) is 13.8 Å². The number of phosphoric acid groups is 1. The van der Waals surface area contributed by atoms with E-state index < -0.39 is 20.0 Å². The van der Waals surface area contributed by atoms with Gasteiger partial charge in [-0.1, -0.05) is 173 Å². The molecular weight excluding hydrogens is 671 g/mol. The molecule has 0 aliphatic rings. The average Bonchev–Trinajstić information content (AvgIpc) is 3.09. The fourth-order valence-corrected chi connectivity index (χ4v) is 6.95. The summed E-state index contributed by atoms with van der Waals surface area (Å²) in [6.07, 6.45) is 40.5. The fraction of sp³-hybridized carbons (Fsp3) is 0.884. The van der Waals surface area contributed by atoms with Crippen molar-refractivity contribution in [1.29, 1.82) is 0 Å². The standard InChI is InChI=1S/C43H85N2O6P/c1-6-8-10-12-14-16-18-20-22-24-26-28-30-32-34-36-42(46)41(40-51-52(48,49)50-39-38-45(3,4)5)44-43(47)37-35-33-31-29-27-25-23-21-19-17-15-13-11-9-7-2/h15,17,19,21,41-42,46H,6-14,16,18,20,22-40H2,1-5H3,(H-,44,47,48,49)/p+1/b17-15-,21-19-. The highest BCUT2D eigenvalue weighted by Gasteiger charge is 2.28. The minimum absolute atomic E-state index is 0.0726. The summed E-state index contributed by atoms with van der Waals surface area (Å²) in [6.45, 7) is 4.84. The molecule has 9 heteroatoms. The highest BCUT2D eigenvalue weighted by Crippen LogP contribution is 2.43. The van der Waals surface area contributed by atoms with E-state index in [2.05, 4.69) is 43.5 Å². The molecule has 0 aromatic heterocycles. The lowest BCUT2D eigenvalue weighted by Crippen LogP contribution is -2.46. The molecule has 3 unspecified atom stereocenters. The first kappa shape index (κ1) is 51.0. The number of carbonyl (C=O) groups is 1. The molecule has 52 heavy (non-hydrogen) atoms. The van der Waals surface area contributed by atoms with E-state index in [0.717, 1.165) is 51.4 Å².